The van der Waals surface area contributed by atoms with Crippen molar-refractivity contribution in [2.24, 2.45) is 11.7 Å². The van der Waals surface area contributed by atoms with Crippen LogP contribution in [0.2, 0.25) is 0 Å². The van der Waals surface area contributed by atoms with Gasteiger partial charge in [-0.3, -0.25) is 0 Å². The van der Waals surface area contributed by atoms with Crippen LogP contribution < -0.4 is 5.73 Å². The normalized spacial score (nSPS) is 12.7. The van der Waals surface area contributed by atoms with E-state index in [0.717, 1.165) is 16.7 Å². The molecule has 94 valence electrons. The van der Waals surface area contributed by atoms with E-state index in [9.17, 15) is 5.11 Å². The Balaban J connectivity index is 2.45. The van der Waals surface area contributed by atoms with Crippen LogP contribution in [0.15, 0.2) is 48.5 Å². The van der Waals surface area contributed by atoms with Crippen molar-refractivity contribution in [3.8, 4) is 16.9 Å². The van der Waals surface area contributed by atoms with Crippen molar-refractivity contribution in [3.05, 3.63) is 54.1 Å². The van der Waals surface area contributed by atoms with E-state index >= 15 is 0 Å². The van der Waals surface area contributed by atoms with E-state index in [0.29, 0.717) is 11.7 Å². The summed E-state index contributed by atoms with van der Waals surface area (Å²) in [5.41, 5.74) is 9.05. The van der Waals surface area contributed by atoms with Crippen LogP contribution in [0.25, 0.3) is 11.1 Å². The number of nitrogens with two attached hydrogens (primary N) is 1. The molecule has 0 aliphatic carbocycles. The van der Waals surface area contributed by atoms with Gasteiger partial charge in [0, 0.05) is 11.6 Å². The van der Waals surface area contributed by atoms with E-state index < -0.39 is 0 Å². The summed E-state index contributed by atoms with van der Waals surface area (Å²) >= 11 is 0. The van der Waals surface area contributed by atoms with Gasteiger partial charge in [0.1, 0.15) is 5.75 Å². The lowest BCUT2D eigenvalue weighted by Crippen LogP contribution is -2.16. The van der Waals surface area contributed by atoms with Crippen LogP contribution >= 0.6 is 0 Å². The molecule has 2 heteroatoms. The maximum atomic E-state index is 9.97. The van der Waals surface area contributed by atoms with Gasteiger partial charge in [0.05, 0.1) is 0 Å². The SMILES string of the molecule is CC(C)C(N)c1ccc(O)c(-c2ccccc2)c1. The average Bonchev–Trinajstić information content (AvgIpc) is 2.39. The number of hydrogen-bond donors (Lipinski definition) is 2. The van der Waals surface area contributed by atoms with Crippen molar-refractivity contribution < 1.29 is 5.11 Å². The summed E-state index contributed by atoms with van der Waals surface area (Å²) in [5.74, 6) is 0.666. The minimum absolute atomic E-state index is 0.00642. The van der Waals surface area contributed by atoms with E-state index in [-0.39, 0.29) is 6.04 Å². The number of rotatable bonds is 3. The van der Waals surface area contributed by atoms with Crippen molar-refractivity contribution in [3.63, 3.8) is 0 Å². The zero-order valence-corrected chi connectivity index (χ0v) is 10.8. The summed E-state index contributed by atoms with van der Waals surface area (Å²) in [6.07, 6.45) is 0. The lowest BCUT2D eigenvalue weighted by Gasteiger charge is -2.17. The molecule has 0 aromatic heterocycles. The fourth-order valence-electron chi connectivity index (χ4n) is 1.99. The van der Waals surface area contributed by atoms with Gasteiger partial charge < -0.3 is 10.8 Å². The molecule has 3 N–H and O–H groups in total. The fourth-order valence-corrected chi connectivity index (χ4v) is 1.99. The summed E-state index contributed by atoms with van der Waals surface area (Å²) < 4.78 is 0. The molecular weight excluding hydrogens is 222 g/mol. The van der Waals surface area contributed by atoms with Crippen molar-refractivity contribution in [2.75, 3.05) is 0 Å². The Hall–Kier alpha value is -1.80. The zero-order chi connectivity index (χ0) is 13.1. The summed E-state index contributed by atoms with van der Waals surface area (Å²) in [6, 6.07) is 15.5. The molecule has 1 unspecified atom stereocenters. The highest BCUT2D eigenvalue weighted by molar-refractivity contribution is 5.70. The predicted octanol–water partition coefficient (Wildman–Crippen LogP) is 3.72. The summed E-state index contributed by atoms with van der Waals surface area (Å²) in [5, 5.41) is 9.97. The van der Waals surface area contributed by atoms with Crippen LogP contribution in [0, 0.1) is 5.92 Å². The molecule has 0 spiro atoms. The highest BCUT2D eigenvalue weighted by Crippen LogP contribution is 2.32. The first-order valence-electron chi connectivity index (χ1n) is 6.23. The van der Waals surface area contributed by atoms with E-state index in [1.807, 2.05) is 42.5 Å². The fraction of sp³-hybridized carbons (Fsp3) is 0.250. The van der Waals surface area contributed by atoms with Gasteiger partial charge in [-0.15, -0.1) is 0 Å². The number of aromatic hydroxyl groups is 1. The third kappa shape index (κ3) is 2.54. The Morgan fingerprint density at radius 2 is 1.67 bits per heavy atom. The molecule has 2 rings (SSSR count). The number of phenols is 1. The topological polar surface area (TPSA) is 46.2 Å². The summed E-state index contributed by atoms with van der Waals surface area (Å²) in [6.45, 7) is 4.19. The number of hydrogen-bond acceptors (Lipinski definition) is 2. The second kappa shape index (κ2) is 5.23. The first-order chi connectivity index (χ1) is 8.59. The molecule has 0 amide bonds. The molecule has 0 heterocycles. The second-order valence-electron chi connectivity index (χ2n) is 4.91. The Labute approximate surface area is 108 Å². The molecule has 18 heavy (non-hydrogen) atoms. The van der Waals surface area contributed by atoms with Gasteiger partial charge >= 0.3 is 0 Å². The van der Waals surface area contributed by atoms with E-state index in [2.05, 4.69) is 13.8 Å². The number of benzene rings is 2. The van der Waals surface area contributed by atoms with Crippen molar-refractivity contribution in [2.45, 2.75) is 19.9 Å². The lowest BCUT2D eigenvalue weighted by atomic mass is 9.93. The number of phenolic OH excluding ortho intramolecular Hbond substituents is 1. The van der Waals surface area contributed by atoms with Gasteiger partial charge in [-0.2, -0.15) is 0 Å². The van der Waals surface area contributed by atoms with Gasteiger partial charge in [0.15, 0.2) is 0 Å². The van der Waals surface area contributed by atoms with E-state index in [4.69, 9.17) is 5.73 Å². The van der Waals surface area contributed by atoms with Gasteiger partial charge in [0.2, 0.25) is 0 Å². The lowest BCUT2D eigenvalue weighted by molar-refractivity contribution is 0.475. The van der Waals surface area contributed by atoms with Crippen molar-refractivity contribution in [1.82, 2.24) is 0 Å². The summed E-state index contributed by atoms with van der Waals surface area (Å²) in [4.78, 5) is 0. The Bertz CT molecular complexity index is 520. The average molecular weight is 241 g/mol. The molecule has 2 aromatic rings. The molecule has 0 aliphatic heterocycles. The van der Waals surface area contributed by atoms with Crippen LogP contribution in [0.3, 0.4) is 0 Å². The monoisotopic (exact) mass is 241 g/mol. The zero-order valence-electron chi connectivity index (χ0n) is 10.8. The van der Waals surface area contributed by atoms with Crippen molar-refractivity contribution in [1.29, 1.82) is 0 Å². The smallest absolute Gasteiger partial charge is 0.123 e. The third-order valence-electron chi connectivity index (χ3n) is 3.21. The Morgan fingerprint density at radius 1 is 1.00 bits per heavy atom. The molecule has 0 saturated heterocycles. The van der Waals surface area contributed by atoms with Crippen LogP contribution in [-0.4, -0.2) is 5.11 Å². The van der Waals surface area contributed by atoms with Gasteiger partial charge in [-0.05, 0) is 29.2 Å². The molecule has 0 saturated carbocycles. The van der Waals surface area contributed by atoms with Crippen LogP contribution in [0.5, 0.6) is 5.75 Å². The standard InChI is InChI=1S/C16H19NO/c1-11(2)16(17)13-8-9-15(18)14(10-13)12-6-4-3-5-7-12/h3-11,16,18H,17H2,1-2H3. The molecule has 0 bridgehead atoms. The molecule has 2 aromatic carbocycles. The summed E-state index contributed by atoms with van der Waals surface area (Å²) in [7, 11) is 0. The Morgan fingerprint density at radius 3 is 2.28 bits per heavy atom. The van der Waals surface area contributed by atoms with Crippen molar-refractivity contribution >= 4 is 0 Å². The second-order valence-corrected chi connectivity index (χ2v) is 4.91. The van der Waals surface area contributed by atoms with E-state index in [1.54, 1.807) is 6.07 Å². The molecule has 0 aliphatic rings. The Kier molecular flexibility index (Phi) is 3.68. The maximum Gasteiger partial charge on any atom is 0.123 e. The first-order valence-corrected chi connectivity index (χ1v) is 6.23. The maximum absolute atomic E-state index is 9.97. The molecule has 0 radical (unpaired) electrons. The van der Waals surface area contributed by atoms with Crippen LogP contribution in [0.4, 0.5) is 0 Å². The predicted molar refractivity (Wildman–Crippen MR) is 75.3 cm³/mol. The minimum atomic E-state index is -0.00642. The van der Waals surface area contributed by atoms with Crippen LogP contribution in [0.1, 0.15) is 25.5 Å². The van der Waals surface area contributed by atoms with Gasteiger partial charge in [-0.25, -0.2) is 0 Å². The highest BCUT2D eigenvalue weighted by Gasteiger charge is 2.13. The van der Waals surface area contributed by atoms with E-state index in [1.165, 1.54) is 0 Å². The minimum Gasteiger partial charge on any atom is -0.507 e. The molecule has 2 nitrogen and oxygen atoms in total. The quantitative estimate of drug-likeness (QED) is 0.860. The molecular formula is C16H19NO. The first kappa shape index (κ1) is 12.7. The largest absolute Gasteiger partial charge is 0.507 e. The van der Waals surface area contributed by atoms with Gasteiger partial charge in [0.25, 0.3) is 0 Å². The molecule has 0 fully saturated rings. The third-order valence-corrected chi connectivity index (χ3v) is 3.21. The molecule has 1 atom stereocenters. The highest BCUT2D eigenvalue weighted by atomic mass is 16.3. The van der Waals surface area contributed by atoms with Gasteiger partial charge in [-0.1, -0.05) is 50.2 Å². The van der Waals surface area contributed by atoms with Crippen LogP contribution in [-0.2, 0) is 0 Å².